The highest BCUT2D eigenvalue weighted by Gasteiger charge is 2.46. The van der Waals surface area contributed by atoms with E-state index in [2.05, 4.69) is 25.7 Å². The lowest BCUT2D eigenvalue weighted by atomic mass is 9.68. The van der Waals surface area contributed by atoms with Crippen molar-refractivity contribution in [2.24, 2.45) is 17.6 Å². The Balaban J connectivity index is 2.19. The molecule has 106 valence electrons. The van der Waals surface area contributed by atoms with Gasteiger partial charge < -0.3 is 10.5 Å². The zero-order chi connectivity index (χ0) is 13.2. The molecule has 1 heterocycles. The minimum Gasteiger partial charge on any atom is -0.378 e. The lowest BCUT2D eigenvalue weighted by Gasteiger charge is -2.55. The van der Waals surface area contributed by atoms with Gasteiger partial charge in [0.15, 0.2) is 0 Å². The van der Waals surface area contributed by atoms with Gasteiger partial charge in [0.2, 0.25) is 0 Å². The topological polar surface area (TPSA) is 38.5 Å². The molecule has 0 aromatic heterocycles. The van der Waals surface area contributed by atoms with Crippen molar-refractivity contribution in [2.45, 2.75) is 58.0 Å². The van der Waals surface area contributed by atoms with Gasteiger partial charge in [0.25, 0.3) is 0 Å². The Morgan fingerprint density at radius 2 is 2.17 bits per heavy atom. The Bertz CT molecular complexity index is 271. The molecule has 1 saturated heterocycles. The van der Waals surface area contributed by atoms with Gasteiger partial charge in [-0.05, 0) is 37.5 Å². The van der Waals surface area contributed by atoms with Crippen LogP contribution in [0.15, 0.2) is 0 Å². The number of hydrogen-bond acceptors (Lipinski definition) is 3. The zero-order valence-electron chi connectivity index (χ0n) is 12.3. The van der Waals surface area contributed by atoms with Crippen LogP contribution in [0.25, 0.3) is 0 Å². The molecule has 4 atom stereocenters. The summed E-state index contributed by atoms with van der Waals surface area (Å²) in [6, 6.07) is 0.568. The first-order chi connectivity index (χ1) is 8.64. The van der Waals surface area contributed by atoms with E-state index in [4.69, 9.17) is 10.5 Å². The van der Waals surface area contributed by atoms with E-state index in [-0.39, 0.29) is 5.54 Å². The molecule has 18 heavy (non-hydrogen) atoms. The highest BCUT2D eigenvalue weighted by atomic mass is 16.5. The molecule has 0 radical (unpaired) electrons. The maximum absolute atomic E-state index is 6.24. The molecule has 3 heteroatoms. The molecular formula is C15H30N2O. The number of ether oxygens (including phenoxy) is 1. The second kappa shape index (κ2) is 5.89. The largest absolute Gasteiger partial charge is 0.378 e. The standard InChI is InChI=1S/C15H30N2O/c1-4-14-10-18-8-7-17(14)15(11-16)6-5-12(2)9-13(15)3/h12-14H,4-11,16H2,1-3H3. The van der Waals surface area contributed by atoms with Crippen LogP contribution in [0.1, 0.15) is 46.5 Å². The summed E-state index contributed by atoms with van der Waals surface area (Å²) in [5.41, 5.74) is 6.47. The van der Waals surface area contributed by atoms with Crippen LogP contribution in [0.5, 0.6) is 0 Å². The van der Waals surface area contributed by atoms with E-state index in [1.807, 2.05) is 0 Å². The van der Waals surface area contributed by atoms with E-state index < -0.39 is 0 Å². The maximum Gasteiger partial charge on any atom is 0.0622 e. The quantitative estimate of drug-likeness (QED) is 0.839. The molecule has 3 nitrogen and oxygen atoms in total. The summed E-state index contributed by atoms with van der Waals surface area (Å²) in [5, 5.41) is 0. The Kier molecular flexibility index (Phi) is 4.68. The first-order valence-electron chi connectivity index (χ1n) is 7.68. The van der Waals surface area contributed by atoms with Gasteiger partial charge in [0.1, 0.15) is 0 Å². The van der Waals surface area contributed by atoms with Gasteiger partial charge in [-0.1, -0.05) is 20.8 Å². The molecule has 1 saturated carbocycles. The highest BCUT2D eigenvalue weighted by molar-refractivity contribution is 5.02. The minimum atomic E-state index is 0.233. The number of hydrogen-bond donors (Lipinski definition) is 1. The van der Waals surface area contributed by atoms with Gasteiger partial charge in [-0.2, -0.15) is 0 Å². The third kappa shape index (κ3) is 2.45. The van der Waals surface area contributed by atoms with E-state index >= 15 is 0 Å². The molecule has 2 fully saturated rings. The molecule has 0 amide bonds. The van der Waals surface area contributed by atoms with E-state index in [9.17, 15) is 0 Å². The first kappa shape index (κ1) is 14.3. The molecule has 2 aliphatic rings. The molecule has 1 aliphatic heterocycles. The summed E-state index contributed by atoms with van der Waals surface area (Å²) < 4.78 is 5.66. The summed E-state index contributed by atoms with van der Waals surface area (Å²) >= 11 is 0. The van der Waals surface area contributed by atoms with E-state index in [0.717, 1.165) is 32.2 Å². The van der Waals surface area contributed by atoms with Crippen molar-refractivity contribution in [1.82, 2.24) is 4.90 Å². The van der Waals surface area contributed by atoms with Crippen molar-refractivity contribution in [3.8, 4) is 0 Å². The van der Waals surface area contributed by atoms with Crippen molar-refractivity contribution in [2.75, 3.05) is 26.3 Å². The summed E-state index contributed by atoms with van der Waals surface area (Å²) in [6.07, 6.45) is 5.09. The summed E-state index contributed by atoms with van der Waals surface area (Å²) in [6.45, 7) is 10.7. The molecule has 4 unspecified atom stereocenters. The Labute approximate surface area is 112 Å². The van der Waals surface area contributed by atoms with Gasteiger partial charge in [-0.25, -0.2) is 0 Å². The summed E-state index contributed by atoms with van der Waals surface area (Å²) in [4.78, 5) is 2.70. The molecular weight excluding hydrogens is 224 g/mol. The predicted octanol–water partition coefficient (Wildman–Crippen LogP) is 2.25. The van der Waals surface area contributed by atoms with Crippen molar-refractivity contribution in [1.29, 1.82) is 0 Å². The second-order valence-electron chi connectivity index (χ2n) is 6.42. The SMILES string of the molecule is CCC1COCCN1C1(CN)CCC(C)CC1C. The van der Waals surface area contributed by atoms with Crippen molar-refractivity contribution < 1.29 is 4.74 Å². The number of morpholine rings is 1. The fourth-order valence-electron chi connectivity index (χ4n) is 4.11. The fourth-order valence-corrected chi connectivity index (χ4v) is 4.11. The average Bonchev–Trinajstić information content (AvgIpc) is 2.40. The fraction of sp³-hybridized carbons (Fsp3) is 1.00. The van der Waals surface area contributed by atoms with Crippen molar-refractivity contribution >= 4 is 0 Å². The summed E-state index contributed by atoms with van der Waals surface area (Å²) in [5.74, 6) is 1.57. The van der Waals surface area contributed by atoms with Gasteiger partial charge in [-0.15, -0.1) is 0 Å². The van der Waals surface area contributed by atoms with E-state index in [0.29, 0.717) is 12.0 Å². The number of nitrogens with two attached hydrogens (primary N) is 1. The Morgan fingerprint density at radius 3 is 2.78 bits per heavy atom. The monoisotopic (exact) mass is 254 g/mol. The zero-order valence-corrected chi connectivity index (χ0v) is 12.3. The van der Waals surface area contributed by atoms with Crippen molar-refractivity contribution in [3.63, 3.8) is 0 Å². The smallest absolute Gasteiger partial charge is 0.0622 e. The highest BCUT2D eigenvalue weighted by Crippen LogP contribution is 2.42. The predicted molar refractivity (Wildman–Crippen MR) is 75.6 cm³/mol. The van der Waals surface area contributed by atoms with Gasteiger partial charge in [0, 0.05) is 24.7 Å². The van der Waals surface area contributed by atoms with Crippen LogP contribution in [0, 0.1) is 11.8 Å². The van der Waals surface area contributed by atoms with Crippen LogP contribution < -0.4 is 5.73 Å². The molecule has 0 bridgehead atoms. The molecule has 2 N–H and O–H groups in total. The van der Waals surface area contributed by atoms with Crippen molar-refractivity contribution in [3.05, 3.63) is 0 Å². The van der Waals surface area contributed by atoms with Crippen LogP contribution in [-0.4, -0.2) is 42.8 Å². The maximum atomic E-state index is 6.24. The lowest BCUT2D eigenvalue weighted by Crippen LogP contribution is -2.65. The molecule has 1 aliphatic carbocycles. The Morgan fingerprint density at radius 1 is 1.39 bits per heavy atom. The van der Waals surface area contributed by atoms with Crippen LogP contribution in [-0.2, 0) is 4.74 Å². The molecule has 2 rings (SSSR count). The minimum absolute atomic E-state index is 0.233. The van der Waals surface area contributed by atoms with E-state index in [1.54, 1.807) is 0 Å². The summed E-state index contributed by atoms with van der Waals surface area (Å²) in [7, 11) is 0. The molecule has 0 spiro atoms. The Hall–Kier alpha value is -0.120. The van der Waals surface area contributed by atoms with Crippen LogP contribution >= 0.6 is 0 Å². The number of rotatable bonds is 3. The van der Waals surface area contributed by atoms with Crippen LogP contribution in [0.4, 0.5) is 0 Å². The molecule has 0 aromatic carbocycles. The van der Waals surface area contributed by atoms with Crippen LogP contribution in [0.3, 0.4) is 0 Å². The average molecular weight is 254 g/mol. The third-order valence-corrected chi connectivity index (χ3v) is 5.37. The normalized spacial score (nSPS) is 43.0. The van der Waals surface area contributed by atoms with Gasteiger partial charge in [0.05, 0.1) is 13.2 Å². The lowest BCUT2D eigenvalue weighted by molar-refractivity contribution is -0.0980. The third-order valence-electron chi connectivity index (χ3n) is 5.37. The number of nitrogens with zero attached hydrogens (tertiary/aromatic N) is 1. The van der Waals surface area contributed by atoms with Gasteiger partial charge in [-0.3, -0.25) is 4.90 Å². The van der Waals surface area contributed by atoms with Gasteiger partial charge >= 0.3 is 0 Å². The second-order valence-corrected chi connectivity index (χ2v) is 6.42. The molecule has 0 aromatic rings. The first-order valence-corrected chi connectivity index (χ1v) is 7.68. The van der Waals surface area contributed by atoms with Crippen LogP contribution in [0.2, 0.25) is 0 Å². The van der Waals surface area contributed by atoms with E-state index in [1.165, 1.54) is 25.7 Å².